The average molecular weight is 474 g/mol. The standard InChI is InChI=1S/C26H31N7O2/c1-4-31-11-13-32(14-12-31)24(22-16-20-15-18(2)5-10-23(20)27-26(22)34)25-28-29-30-33(25)17-19-6-8-21(35-3)9-7-19/h5-10,15-16,24H,4,11-14,17H2,1-3H3,(H,27,34)/t24-/m1/s1. The summed E-state index contributed by atoms with van der Waals surface area (Å²) < 4.78 is 7.09. The zero-order valence-corrected chi connectivity index (χ0v) is 20.4. The average Bonchev–Trinajstić information content (AvgIpc) is 3.33. The number of aromatic amines is 1. The lowest BCUT2D eigenvalue weighted by molar-refractivity contribution is 0.108. The molecule has 0 spiro atoms. The lowest BCUT2D eigenvalue weighted by Gasteiger charge is -2.38. The van der Waals surface area contributed by atoms with Crippen LogP contribution >= 0.6 is 0 Å². The van der Waals surface area contributed by atoms with E-state index >= 15 is 0 Å². The summed E-state index contributed by atoms with van der Waals surface area (Å²) in [4.78, 5) is 21.2. The second-order valence-corrected chi connectivity index (χ2v) is 9.06. The van der Waals surface area contributed by atoms with Crippen molar-refractivity contribution in [2.24, 2.45) is 0 Å². The first kappa shape index (κ1) is 23.2. The number of aromatic nitrogens is 5. The van der Waals surface area contributed by atoms with Crippen molar-refractivity contribution < 1.29 is 4.74 Å². The third-order valence-electron chi connectivity index (χ3n) is 6.84. The van der Waals surface area contributed by atoms with Crippen molar-refractivity contribution in [3.8, 4) is 5.75 Å². The molecule has 2 aromatic carbocycles. The van der Waals surface area contributed by atoms with Crippen molar-refractivity contribution in [1.29, 1.82) is 0 Å². The third kappa shape index (κ3) is 4.82. The number of rotatable bonds is 7. The molecule has 1 N–H and O–H groups in total. The van der Waals surface area contributed by atoms with E-state index in [0.717, 1.165) is 60.5 Å². The van der Waals surface area contributed by atoms with Gasteiger partial charge in [0.1, 0.15) is 11.8 Å². The van der Waals surface area contributed by atoms with E-state index in [-0.39, 0.29) is 11.6 Å². The Hall–Kier alpha value is -3.56. The molecular weight excluding hydrogens is 442 g/mol. The molecular formula is C26H31N7O2. The van der Waals surface area contributed by atoms with Crippen LogP contribution in [0.5, 0.6) is 5.75 Å². The summed E-state index contributed by atoms with van der Waals surface area (Å²) in [6.45, 7) is 9.31. The number of pyridine rings is 1. The number of nitrogens with one attached hydrogen (secondary N) is 1. The number of benzene rings is 2. The molecule has 9 nitrogen and oxygen atoms in total. The molecule has 0 bridgehead atoms. The highest BCUT2D eigenvalue weighted by Gasteiger charge is 2.32. The van der Waals surface area contributed by atoms with E-state index < -0.39 is 0 Å². The van der Waals surface area contributed by atoms with Gasteiger partial charge in [-0.1, -0.05) is 30.7 Å². The highest BCUT2D eigenvalue weighted by atomic mass is 16.5. The molecule has 0 saturated carbocycles. The van der Waals surface area contributed by atoms with Gasteiger partial charge in [-0.15, -0.1) is 5.10 Å². The van der Waals surface area contributed by atoms with Crippen LogP contribution in [-0.2, 0) is 6.54 Å². The molecule has 5 rings (SSSR count). The summed E-state index contributed by atoms with van der Waals surface area (Å²) in [5.74, 6) is 1.47. The zero-order valence-electron chi connectivity index (χ0n) is 20.4. The quantitative estimate of drug-likeness (QED) is 0.441. The summed E-state index contributed by atoms with van der Waals surface area (Å²) in [6, 6.07) is 15.6. The number of tetrazole rings is 1. The highest BCUT2D eigenvalue weighted by Crippen LogP contribution is 2.28. The second-order valence-electron chi connectivity index (χ2n) is 9.06. The van der Waals surface area contributed by atoms with Crippen molar-refractivity contribution in [3.63, 3.8) is 0 Å². The van der Waals surface area contributed by atoms with Crippen molar-refractivity contribution in [1.82, 2.24) is 35.0 Å². The first-order chi connectivity index (χ1) is 17.1. The van der Waals surface area contributed by atoms with Crippen molar-refractivity contribution in [3.05, 3.63) is 81.4 Å². The van der Waals surface area contributed by atoms with E-state index in [1.807, 2.05) is 42.5 Å². The van der Waals surface area contributed by atoms with Crippen LogP contribution in [0.1, 0.15) is 35.5 Å². The van der Waals surface area contributed by atoms with Crippen LogP contribution in [0.3, 0.4) is 0 Å². The Bertz CT molecular complexity index is 1350. The molecule has 0 radical (unpaired) electrons. The summed E-state index contributed by atoms with van der Waals surface area (Å²) in [5, 5.41) is 13.8. The number of H-pyrrole nitrogens is 1. The van der Waals surface area contributed by atoms with Crippen molar-refractivity contribution >= 4 is 10.9 Å². The number of hydrogen-bond acceptors (Lipinski definition) is 7. The van der Waals surface area contributed by atoms with Gasteiger partial charge in [-0.2, -0.15) is 0 Å². The fraction of sp³-hybridized carbons (Fsp3) is 0.385. The van der Waals surface area contributed by atoms with Gasteiger partial charge in [-0.05, 0) is 65.2 Å². The molecule has 2 aromatic heterocycles. The number of piperazine rings is 1. The Morgan fingerprint density at radius 2 is 1.83 bits per heavy atom. The van der Waals surface area contributed by atoms with Crippen molar-refractivity contribution in [2.45, 2.75) is 26.4 Å². The first-order valence-corrected chi connectivity index (χ1v) is 12.0. The SMILES string of the molecule is CCN1CCN([C@H](c2cc3cc(C)ccc3[nH]c2=O)c2nnnn2Cc2ccc(OC)cc2)CC1. The summed E-state index contributed by atoms with van der Waals surface area (Å²) in [7, 11) is 1.65. The molecule has 1 aliphatic rings. The smallest absolute Gasteiger partial charge is 0.253 e. The predicted octanol–water partition coefficient (Wildman–Crippen LogP) is 2.61. The van der Waals surface area contributed by atoms with Gasteiger partial charge in [0.2, 0.25) is 0 Å². The Morgan fingerprint density at radius 3 is 2.54 bits per heavy atom. The van der Waals surface area contributed by atoms with Gasteiger partial charge in [-0.3, -0.25) is 9.69 Å². The topological polar surface area (TPSA) is 92.2 Å². The van der Waals surface area contributed by atoms with Crippen LogP contribution in [-0.4, -0.2) is 74.8 Å². The molecule has 9 heteroatoms. The second kappa shape index (κ2) is 9.97. The molecule has 35 heavy (non-hydrogen) atoms. The fourth-order valence-electron chi connectivity index (χ4n) is 4.81. The molecule has 0 unspecified atom stereocenters. The summed E-state index contributed by atoms with van der Waals surface area (Å²) in [6.07, 6.45) is 0. The van der Waals surface area contributed by atoms with E-state index in [1.165, 1.54) is 0 Å². The number of nitrogens with zero attached hydrogens (tertiary/aromatic N) is 6. The molecule has 0 amide bonds. The van der Waals surface area contributed by atoms with Gasteiger partial charge >= 0.3 is 0 Å². The normalized spacial score (nSPS) is 16.0. The van der Waals surface area contributed by atoms with Crippen LogP contribution < -0.4 is 10.3 Å². The molecule has 182 valence electrons. The van der Waals surface area contributed by atoms with Crippen molar-refractivity contribution in [2.75, 3.05) is 39.8 Å². The van der Waals surface area contributed by atoms with Gasteiger partial charge < -0.3 is 14.6 Å². The van der Waals surface area contributed by atoms with Gasteiger partial charge in [-0.25, -0.2) is 4.68 Å². The molecule has 1 aliphatic heterocycles. The molecule has 3 heterocycles. The molecule has 1 atom stereocenters. The number of fused-ring (bicyclic) bond motifs is 1. The zero-order chi connectivity index (χ0) is 24.4. The number of aryl methyl sites for hydroxylation is 1. The number of methoxy groups -OCH3 is 1. The van der Waals surface area contributed by atoms with E-state index in [9.17, 15) is 4.79 Å². The number of likely N-dealkylation sites (N-methyl/N-ethyl adjacent to an activating group) is 1. The van der Waals surface area contributed by atoms with Crippen LogP contribution in [0.15, 0.2) is 53.3 Å². The number of ether oxygens (including phenoxy) is 1. The summed E-state index contributed by atoms with van der Waals surface area (Å²) in [5.41, 5.74) is 3.59. The Balaban J connectivity index is 1.57. The largest absolute Gasteiger partial charge is 0.497 e. The fourth-order valence-corrected chi connectivity index (χ4v) is 4.81. The first-order valence-electron chi connectivity index (χ1n) is 12.0. The maximum absolute atomic E-state index is 13.4. The molecule has 1 fully saturated rings. The lowest BCUT2D eigenvalue weighted by Crippen LogP contribution is -2.49. The maximum atomic E-state index is 13.4. The Labute approximate surface area is 204 Å². The van der Waals surface area contributed by atoms with Gasteiger partial charge in [0, 0.05) is 37.3 Å². The molecule has 4 aromatic rings. The minimum atomic E-state index is -0.351. The van der Waals surface area contributed by atoms with Crippen LogP contribution in [0.25, 0.3) is 10.9 Å². The van der Waals surface area contributed by atoms with Gasteiger partial charge in [0.25, 0.3) is 5.56 Å². The highest BCUT2D eigenvalue weighted by molar-refractivity contribution is 5.79. The van der Waals surface area contributed by atoms with E-state index in [4.69, 9.17) is 4.74 Å². The Kier molecular flexibility index (Phi) is 6.61. The van der Waals surface area contributed by atoms with Gasteiger partial charge in [0.15, 0.2) is 5.82 Å². The number of hydrogen-bond donors (Lipinski definition) is 1. The molecule has 0 aliphatic carbocycles. The minimum Gasteiger partial charge on any atom is -0.497 e. The summed E-state index contributed by atoms with van der Waals surface area (Å²) >= 11 is 0. The van der Waals surface area contributed by atoms with E-state index in [0.29, 0.717) is 17.9 Å². The Morgan fingerprint density at radius 1 is 1.06 bits per heavy atom. The monoisotopic (exact) mass is 473 g/mol. The van der Waals surface area contributed by atoms with Crippen LogP contribution in [0.2, 0.25) is 0 Å². The van der Waals surface area contributed by atoms with Crippen LogP contribution in [0.4, 0.5) is 0 Å². The molecule has 1 saturated heterocycles. The van der Waals surface area contributed by atoms with Crippen LogP contribution in [0, 0.1) is 6.92 Å². The van der Waals surface area contributed by atoms with E-state index in [2.05, 4.69) is 50.2 Å². The van der Waals surface area contributed by atoms with E-state index in [1.54, 1.807) is 11.8 Å². The maximum Gasteiger partial charge on any atom is 0.253 e. The third-order valence-corrected chi connectivity index (χ3v) is 6.84. The lowest BCUT2D eigenvalue weighted by atomic mass is 10.0. The minimum absolute atomic E-state index is 0.108. The predicted molar refractivity (Wildman–Crippen MR) is 135 cm³/mol. The van der Waals surface area contributed by atoms with Gasteiger partial charge in [0.05, 0.1) is 13.7 Å².